The topological polar surface area (TPSA) is 39.9 Å². The molecule has 130 valence electrons. The van der Waals surface area contributed by atoms with Crippen LogP contribution in [0.25, 0.3) is 22.0 Å². The zero-order chi connectivity index (χ0) is 18.8. The first-order valence-electron chi connectivity index (χ1n) is 8.75. The van der Waals surface area contributed by atoms with E-state index in [2.05, 4.69) is 40.2 Å². The van der Waals surface area contributed by atoms with Crippen molar-refractivity contribution in [2.24, 2.45) is 0 Å². The van der Waals surface area contributed by atoms with Crippen LogP contribution in [0.15, 0.2) is 54.7 Å². The molecule has 0 bridgehead atoms. The van der Waals surface area contributed by atoms with Crippen LogP contribution in [-0.2, 0) is 0 Å². The van der Waals surface area contributed by atoms with E-state index in [9.17, 15) is 5.26 Å². The molecule has 1 aromatic heterocycles. The van der Waals surface area contributed by atoms with Gasteiger partial charge >= 0.3 is 0 Å². The molecule has 0 unspecified atom stereocenters. The lowest BCUT2D eigenvalue weighted by Crippen LogP contribution is -2.07. The van der Waals surface area contributed by atoms with Crippen LogP contribution in [-0.4, -0.2) is 19.1 Å². The van der Waals surface area contributed by atoms with Crippen LogP contribution in [0, 0.1) is 11.3 Å². The minimum Gasteiger partial charge on any atom is -0.378 e. The molecular weight excluding hydrogens is 306 g/mol. The fraction of sp³-hybridized carbons (Fsp3) is 0.273. The molecule has 0 aliphatic heterocycles. The molecule has 3 nitrogen and oxygen atoms in total. The number of anilines is 1. The first-order chi connectivity index (χ1) is 12.2. The van der Waals surface area contributed by atoms with Crippen LogP contribution in [0.2, 0.25) is 0 Å². The van der Waals surface area contributed by atoms with Gasteiger partial charge in [-0.15, -0.1) is 0 Å². The van der Waals surface area contributed by atoms with Crippen molar-refractivity contribution in [1.82, 2.24) is 4.98 Å². The predicted octanol–water partition coefficient (Wildman–Crippen LogP) is 5.89. The lowest BCUT2D eigenvalue weighted by atomic mass is 10.0. The third-order valence-electron chi connectivity index (χ3n) is 3.58. The summed E-state index contributed by atoms with van der Waals surface area (Å²) in [5, 5.41) is 10.1. The van der Waals surface area contributed by atoms with Gasteiger partial charge in [0.25, 0.3) is 0 Å². The number of hydrogen-bond acceptors (Lipinski definition) is 3. The van der Waals surface area contributed by atoms with Gasteiger partial charge in [-0.1, -0.05) is 45.9 Å². The molecule has 0 radical (unpaired) electrons. The summed E-state index contributed by atoms with van der Waals surface area (Å²) in [7, 11) is 4.05. The van der Waals surface area contributed by atoms with E-state index in [0.717, 1.165) is 22.0 Å². The maximum absolute atomic E-state index is 9.21. The standard InChI is InChI=1S/C18H15N3.2C2H6/c1-21(2)16-6-3-13(4-7-16)14-5-8-18-17(11-14)15(12-19)9-10-20-18;2*1-2/h3-11H,1-2H3;2*1-2H3. The number of nitrogens with zero attached hydrogens (tertiary/aromatic N) is 3. The molecule has 25 heavy (non-hydrogen) atoms. The van der Waals surface area contributed by atoms with Crippen LogP contribution in [0.1, 0.15) is 33.3 Å². The first kappa shape index (κ1) is 20.2. The Kier molecular flexibility index (Phi) is 8.15. The summed E-state index contributed by atoms with van der Waals surface area (Å²) < 4.78 is 0. The van der Waals surface area contributed by atoms with Crippen molar-refractivity contribution in [2.45, 2.75) is 27.7 Å². The highest BCUT2D eigenvalue weighted by atomic mass is 15.1. The van der Waals surface area contributed by atoms with Crippen molar-refractivity contribution in [3.63, 3.8) is 0 Å². The van der Waals surface area contributed by atoms with Gasteiger partial charge in [0.1, 0.15) is 0 Å². The molecule has 0 aliphatic rings. The molecule has 0 saturated heterocycles. The lowest BCUT2D eigenvalue weighted by Gasteiger charge is -2.13. The maximum Gasteiger partial charge on any atom is 0.0999 e. The highest BCUT2D eigenvalue weighted by Crippen LogP contribution is 2.26. The molecule has 0 spiro atoms. The van der Waals surface area contributed by atoms with Crippen LogP contribution < -0.4 is 4.90 Å². The second kappa shape index (κ2) is 10.1. The second-order valence-corrected chi connectivity index (χ2v) is 5.14. The Morgan fingerprint density at radius 1 is 0.840 bits per heavy atom. The predicted molar refractivity (Wildman–Crippen MR) is 109 cm³/mol. The van der Waals surface area contributed by atoms with E-state index in [1.165, 1.54) is 5.69 Å². The Morgan fingerprint density at radius 3 is 2.00 bits per heavy atom. The van der Waals surface area contributed by atoms with Crippen LogP contribution in [0.5, 0.6) is 0 Å². The molecule has 0 amide bonds. The van der Waals surface area contributed by atoms with Gasteiger partial charge in [-0.25, -0.2) is 0 Å². The minimum atomic E-state index is 0.659. The summed E-state index contributed by atoms with van der Waals surface area (Å²) in [4.78, 5) is 6.38. The zero-order valence-electron chi connectivity index (χ0n) is 16.0. The number of benzene rings is 2. The van der Waals surface area contributed by atoms with Crippen LogP contribution in [0.3, 0.4) is 0 Å². The number of nitriles is 1. The Morgan fingerprint density at radius 2 is 1.44 bits per heavy atom. The number of pyridine rings is 1. The average Bonchev–Trinajstić information content (AvgIpc) is 2.70. The van der Waals surface area contributed by atoms with Crippen molar-refractivity contribution in [2.75, 3.05) is 19.0 Å². The molecule has 0 aliphatic carbocycles. The molecule has 1 heterocycles. The normalized spacial score (nSPS) is 9.16. The Labute approximate surface area is 151 Å². The van der Waals surface area contributed by atoms with Crippen molar-refractivity contribution in [3.05, 3.63) is 60.3 Å². The number of hydrogen-bond donors (Lipinski definition) is 0. The zero-order valence-corrected chi connectivity index (χ0v) is 16.0. The fourth-order valence-electron chi connectivity index (χ4n) is 2.38. The smallest absolute Gasteiger partial charge is 0.0999 e. The van der Waals surface area contributed by atoms with Crippen molar-refractivity contribution >= 4 is 16.6 Å². The van der Waals surface area contributed by atoms with E-state index in [1.807, 2.05) is 60.0 Å². The molecular formula is C22H27N3. The lowest BCUT2D eigenvalue weighted by molar-refractivity contribution is 1.13. The number of rotatable bonds is 2. The van der Waals surface area contributed by atoms with Crippen LogP contribution >= 0.6 is 0 Å². The van der Waals surface area contributed by atoms with E-state index in [-0.39, 0.29) is 0 Å². The molecule has 0 atom stereocenters. The van der Waals surface area contributed by atoms with E-state index in [1.54, 1.807) is 12.3 Å². The minimum absolute atomic E-state index is 0.659. The second-order valence-electron chi connectivity index (χ2n) is 5.14. The van der Waals surface area contributed by atoms with Gasteiger partial charge in [-0.05, 0) is 41.5 Å². The van der Waals surface area contributed by atoms with Crippen LogP contribution in [0.4, 0.5) is 5.69 Å². The largest absolute Gasteiger partial charge is 0.378 e. The quantitative estimate of drug-likeness (QED) is 0.587. The summed E-state index contributed by atoms with van der Waals surface area (Å²) in [6.07, 6.45) is 1.67. The van der Waals surface area contributed by atoms with Gasteiger partial charge in [0.15, 0.2) is 0 Å². The Hall–Kier alpha value is -2.86. The molecule has 2 aromatic carbocycles. The molecule has 3 aromatic rings. The summed E-state index contributed by atoms with van der Waals surface area (Å²) in [6, 6.07) is 18.4. The molecule has 3 rings (SSSR count). The summed E-state index contributed by atoms with van der Waals surface area (Å²) in [5.74, 6) is 0. The van der Waals surface area contributed by atoms with Crippen molar-refractivity contribution in [3.8, 4) is 17.2 Å². The number of aromatic nitrogens is 1. The third-order valence-corrected chi connectivity index (χ3v) is 3.58. The fourth-order valence-corrected chi connectivity index (χ4v) is 2.38. The van der Waals surface area contributed by atoms with Gasteiger partial charge < -0.3 is 4.90 Å². The van der Waals surface area contributed by atoms with Gasteiger partial charge in [-0.2, -0.15) is 5.26 Å². The summed E-state index contributed by atoms with van der Waals surface area (Å²) >= 11 is 0. The molecule has 0 N–H and O–H groups in total. The summed E-state index contributed by atoms with van der Waals surface area (Å²) in [5.41, 5.74) is 4.90. The third kappa shape index (κ3) is 4.81. The SMILES string of the molecule is CC.CC.CN(C)c1ccc(-c2ccc3nccc(C#N)c3c2)cc1. The van der Waals surface area contributed by atoms with Gasteiger partial charge in [0.05, 0.1) is 17.1 Å². The molecule has 0 saturated carbocycles. The summed E-state index contributed by atoms with van der Waals surface area (Å²) in [6.45, 7) is 8.00. The highest BCUT2D eigenvalue weighted by Gasteiger charge is 2.05. The van der Waals surface area contributed by atoms with Gasteiger partial charge in [-0.3, -0.25) is 4.98 Å². The maximum atomic E-state index is 9.21. The Balaban J connectivity index is 0.000000730. The molecule has 0 fully saturated rings. The van der Waals surface area contributed by atoms with E-state index < -0.39 is 0 Å². The van der Waals surface area contributed by atoms with Gasteiger partial charge in [0, 0.05) is 31.4 Å². The van der Waals surface area contributed by atoms with Crippen molar-refractivity contribution in [1.29, 1.82) is 5.26 Å². The highest BCUT2D eigenvalue weighted by molar-refractivity contribution is 5.89. The van der Waals surface area contributed by atoms with E-state index in [4.69, 9.17) is 0 Å². The van der Waals surface area contributed by atoms with Crippen molar-refractivity contribution < 1.29 is 0 Å². The average molecular weight is 333 g/mol. The first-order valence-corrected chi connectivity index (χ1v) is 8.75. The Bertz CT molecular complexity index is 828. The van der Waals surface area contributed by atoms with E-state index in [0.29, 0.717) is 5.56 Å². The molecule has 3 heteroatoms. The number of fused-ring (bicyclic) bond motifs is 1. The van der Waals surface area contributed by atoms with Gasteiger partial charge in [0.2, 0.25) is 0 Å². The van der Waals surface area contributed by atoms with E-state index >= 15 is 0 Å². The monoisotopic (exact) mass is 333 g/mol.